The first-order valence-corrected chi connectivity index (χ1v) is 9.45. The van der Waals surface area contributed by atoms with Crippen molar-refractivity contribution in [1.29, 1.82) is 0 Å². The van der Waals surface area contributed by atoms with Gasteiger partial charge in [-0.3, -0.25) is 14.4 Å². The van der Waals surface area contributed by atoms with Gasteiger partial charge in [-0.25, -0.2) is 0 Å². The van der Waals surface area contributed by atoms with E-state index < -0.39 is 11.9 Å². The summed E-state index contributed by atoms with van der Waals surface area (Å²) in [4.78, 5) is 36.5. The van der Waals surface area contributed by atoms with Gasteiger partial charge in [0.2, 0.25) is 5.91 Å². The van der Waals surface area contributed by atoms with Gasteiger partial charge in [-0.05, 0) is 55.0 Å². The number of nitrogens with zero attached hydrogens (tertiary/aromatic N) is 1. The molecule has 0 bridgehead atoms. The van der Waals surface area contributed by atoms with E-state index in [2.05, 4.69) is 21.2 Å². The zero-order chi connectivity index (χ0) is 20.3. The van der Waals surface area contributed by atoms with Crippen molar-refractivity contribution in [1.82, 2.24) is 0 Å². The number of rotatable bonds is 6. The topological polar surface area (TPSA) is 95.9 Å². The SMILES string of the molecule is Cc1cc(NC(=O)COc2ccc(N3CC(C(=O)O)CC3=O)cc2)ccc1Br. The van der Waals surface area contributed by atoms with E-state index in [4.69, 9.17) is 9.84 Å². The van der Waals surface area contributed by atoms with Crippen LogP contribution < -0.4 is 15.0 Å². The van der Waals surface area contributed by atoms with Crippen LogP contribution in [0.25, 0.3) is 0 Å². The highest BCUT2D eigenvalue weighted by Gasteiger charge is 2.34. The first kappa shape index (κ1) is 19.9. The van der Waals surface area contributed by atoms with Crippen molar-refractivity contribution in [2.24, 2.45) is 5.92 Å². The van der Waals surface area contributed by atoms with Crippen LogP contribution in [0.3, 0.4) is 0 Å². The van der Waals surface area contributed by atoms with Crippen molar-refractivity contribution in [3.05, 3.63) is 52.5 Å². The van der Waals surface area contributed by atoms with E-state index in [0.717, 1.165) is 10.0 Å². The van der Waals surface area contributed by atoms with Crippen LogP contribution in [0.4, 0.5) is 11.4 Å². The summed E-state index contributed by atoms with van der Waals surface area (Å²) in [6.07, 6.45) is 0.00326. The molecular weight excluding hydrogens is 428 g/mol. The van der Waals surface area contributed by atoms with Gasteiger partial charge in [-0.1, -0.05) is 15.9 Å². The number of anilines is 2. The van der Waals surface area contributed by atoms with E-state index in [1.54, 1.807) is 30.3 Å². The van der Waals surface area contributed by atoms with E-state index >= 15 is 0 Å². The van der Waals surface area contributed by atoms with Crippen LogP contribution in [0.15, 0.2) is 46.9 Å². The minimum atomic E-state index is -0.970. The lowest BCUT2D eigenvalue weighted by atomic mass is 10.1. The molecule has 2 N–H and O–H groups in total. The maximum absolute atomic E-state index is 12.0. The molecule has 1 unspecified atom stereocenters. The Bertz CT molecular complexity index is 913. The molecule has 3 rings (SSSR count). The average molecular weight is 447 g/mol. The lowest BCUT2D eigenvalue weighted by Crippen LogP contribution is -2.25. The van der Waals surface area contributed by atoms with Gasteiger partial charge in [0.15, 0.2) is 6.61 Å². The quantitative estimate of drug-likeness (QED) is 0.709. The van der Waals surface area contributed by atoms with Crippen molar-refractivity contribution in [3.63, 3.8) is 0 Å². The smallest absolute Gasteiger partial charge is 0.308 e. The van der Waals surface area contributed by atoms with Gasteiger partial charge in [0.05, 0.1) is 5.92 Å². The molecule has 1 fully saturated rings. The summed E-state index contributed by atoms with van der Waals surface area (Å²) in [7, 11) is 0. The zero-order valence-electron chi connectivity index (χ0n) is 15.1. The van der Waals surface area contributed by atoms with Crippen LogP contribution in [0.5, 0.6) is 5.75 Å². The van der Waals surface area contributed by atoms with Gasteiger partial charge < -0.3 is 20.1 Å². The molecule has 8 heteroatoms. The normalized spacial score (nSPS) is 16.1. The second kappa shape index (κ2) is 8.43. The maximum Gasteiger partial charge on any atom is 0.308 e. The lowest BCUT2D eigenvalue weighted by Gasteiger charge is -2.16. The van der Waals surface area contributed by atoms with E-state index in [1.807, 2.05) is 19.1 Å². The Balaban J connectivity index is 1.54. The molecule has 146 valence electrons. The first-order chi connectivity index (χ1) is 13.3. The number of carboxylic acid groups (broad SMARTS) is 1. The number of aliphatic carboxylic acids is 1. The number of aryl methyl sites for hydroxylation is 1. The van der Waals surface area contributed by atoms with Gasteiger partial charge in [0, 0.05) is 28.8 Å². The maximum atomic E-state index is 12.0. The van der Waals surface area contributed by atoms with Crippen molar-refractivity contribution >= 4 is 45.1 Å². The number of hydrogen-bond acceptors (Lipinski definition) is 4. The fraction of sp³-hybridized carbons (Fsp3) is 0.250. The Kier molecular flexibility index (Phi) is 5.99. The largest absolute Gasteiger partial charge is 0.484 e. The summed E-state index contributed by atoms with van der Waals surface area (Å²) >= 11 is 3.41. The number of nitrogens with one attached hydrogen (secondary N) is 1. The summed E-state index contributed by atoms with van der Waals surface area (Å²) < 4.78 is 6.44. The van der Waals surface area contributed by atoms with Crippen LogP contribution in [0.1, 0.15) is 12.0 Å². The van der Waals surface area contributed by atoms with Gasteiger partial charge in [0.25, 0.3) is 5.91 Å². The molecule has 7 nitrogen and oxygen atoms in total. The van der Waals surface area contributed by atoms with Crippen molar-refractivity contribution in [2.45, 2.75) is 13.3 Å². The summed E-state index contributed by atoms with van der Waals surface area (Å²) in [6.45, 7) is 1.93. The fourth-order valence-corrected chi connectivity index (χ4v) is 3.16. The van der Waals surface area contributed by atoms with Crippen LogP contribution in [-0.4, -0.2) is 36.0 Å². The number of carboxylic acids is 1. The predicted molar refractivity (Wildman–Crippen MR) is 108 cm³/mol. The third-order valence-electron chi connectivity index (χ3n) is 4.43. The molecule has 0 spiro atoms. The minimum Gasteiger partial charge on any atom is -0.484 e. The summed E-state index contributed by atoms with van der Waals surface area (Å²) in [5, 5.41) is 11.8. The van der Waals surface area contributed by atoms with Crippen LogP contribution >= 0.6 is 15.9 Å². The third kappa shape index (κ3) is 4.69. The fourth-order valence-electron chi connectivity index (χ4n) is 2.91. The highest BCUT2D eigenvalue weighted by Crippen LogP contribution is 2.27. The Labute approximate surface area is 170 Å². The minimum absolute atomic E-state index is 0.00326. The number of halogens is 1. The number of hydrogen-bond donors (Lipinski definition) is 2. The predicted octanol–water partition coefficient (Wildman–Crippen LogP) is 3.21. The molecule has 1 saturated heterocycles. The van der Waals surface area contributed by atoms with Crippen LogP contribution in [0, 0.1) is 12.8 Å². The van der Waals surface area contributed by atoms with Gasteiger partial charge in [0.1, 0.15) is 5.75 Å². The Morgan fingerprint density at radius 3 is 2.57 bits per heavy atom. The molecule has 1 atom stereocenters. The van der Waals surface area contributed by atoms with Crippen LogP contribution in [-0.2, 0) is 14.4 Å². The second-order valence-corrected chi connectivity index (χ2v) is 7.39. The molecule has 28 heavy (non-hydrogen) atoms. The van der Waals surface area contributed by atoms with E-state index in [-0.39, 0.29) is 31.4 Å². The number of carbonyl (C=O) groups excluding carboxylic acids is 2. The molecule has 1 aliphatic rings. The van der Waals surface area contributed by atoms with Gasteiger partial charge >= 0.3 is 5.97 Å². The molecule has 0 saturated carbocycles. The van der Waals surface area contributed by atoms with Gasteiger partial charge in [-0.2, -0.15) is 0 Å². The highest BCUT2D eigenvalue weighted by atomic mass is 79.9. The number of amides is 2. The van der Waals surface area contributed by atoms with Crippen molar-refractivity contribution < 1.29 is 24.2 Å². The molecule has 0 radical (unpaired) electrons. The summed E-state index contributed by atoms with van der Waals surface area (Å²) in [5.41, 5.74) is 2.30. The molecule has 2 amide bonds. The standard InChI is InChI=1S/C20H19BrN2O5/c1-12-8-14(2-7-17(12)21)22-18(24)11-28-16-5-3-15(4-6-16)23-10-13(20(26)27)9-19(23)25/h2-8,13H,9-11H2,1H3,(H,22,24)(H,26,27). The van der Waals surface area contributed by atoms with E-state index in [9.17, 15) is 14.4 Å². The van der Waals surface area contributed by atoms with Crippen molar-refractivity contribution in [3.8, 4) is 5.75 Å². The molecule has 1 aliphatic heterocycles. The van der Waals surface area contributed by atoms with E-state index in [1.165, 1.54) is 4.90 Å². The monoisotopic (exact) mass is 446 g/mol. The highest BCUT2D eigenvalue weighted by molar-refractivity contribution is 9.10. The van der Waals surface area contributed by atoms with E-state index in [0.29, 0.717) is 17.1 Å². The molecule has 1 heterocycles. The van der Waals surface area contributed by atoms with Crippen LogP contribution in [0.2, 0.25) is 0 Å². The van der Waals surface area contributed by atoms with Crippen molar-refractivity contribution in [2.75, 3.05) is 23.4 Å². The number of benzene rings is 2. The molecule has 2 aromatic rings. The number of carbonyl (C=O) groups is 3. The summed E-state index contributed by atoms with van der Waals surface area (Å²) in [6, 6.07) is 12.1. The lowest BCUT2D eigenvalue weighted by molar-refractivity contribution is -0.141. The Hall–Kier alpha value is -2.87. The summed E-state index contributed by atoms with van der Waals surface area (Å²) in [5.74, 6) is -1.68. The molecule has 0 aromatic heterocycles. The Morgan fingerprint density at radius 2 is 1.96 bits per heavy atom. The number of ether oxygens (including phenoxy) is 1. The zero-order valence-corrected chi connectivity index (χ0v) is 16.7. The van der Waals surface area contributed by atoms with Gasteiger partial charge in [-0.15, -0.1) is 0 Å². The molecular formula is C20H19BrN2O5. The second-order valence-electron chi connectivity index (χ2n) is 6.54. The average Bonchev–Trinajstić information content (AvgIpc) is 3.06. The first-order valence-electron chi connectivity index (χ1n) is 8.65. The molecule has 0 aliphatic carbocycles. The third-order valence-corrected chi connectivity index (χ3v) is 5.32. The Morgan fingerprint density at radius 1 is 1.25 bits per heavy atom. The molecule has 2 aromatic carbocycles.